The lowest BCUT2D eigenvalue weighted by Crippen LogP contribution is -2.66. The Balaban J connectivity index is 1.71. The van der Waals surface area contributed by atoms with Crippen molar-refractivity contribution in [2.45, 2.75) is 12.2 Å². The summed E-state index contributed by atoms with van der Waals surface area (Å²) in [6.45, 7) is 0.224. The van der Waals surface area contributed by atoms with Gasteiger partial charge in [0.2, 0.25) is 17.2 Å². The van der Waals surface area contributed by atoms with Gasteiger partial charge in [0.25, 0.3) is 5.91 Å². The predicted molar refractivity (Wildman–Crippen MR) is 110 cm³/mol. The second kappa shape index (κ2) is 7.62. The smallest absolute Gasteiger partial charge is 0.253 e. The standard InChI is InChI=1S/C23H17ClN2O3/c24-17-10-6-9-16(13-17)22(29)26-23(25-14-15-7-2-1-3-8-15)20(27)18-11-4-5-12-19(18)21(23)28/h1-13,25H,14H2,(H,26,29). The van der Waals surface area contributed by atoms with Crippen LogP contribution in [0.1, 0.15) is 36.6 Å². The molecule has 0 atom stereocenters. The van der Waals surface area contributed by atoms with E-state index in [9.17, 15) is 14.4 Å². The van der Waals surface area contributed by atoms with Crippen molar-refractivity contribution in [3.8, 4) is 0 Å². The van der Waals surface area contributed by atoms with Gasteiger partial charge in [-0.05, 0) is 23.8 Å². The van der Waals surface area contributed by atoms with Crippen LogP contribution in [0, 0.1) is 0 Å². The Morgan fingerprint density at radius 1 is 0.828 bits per heavy atom. The van der Waals surface area contributed by atoms with Crippen molar-refractivity contribution in [3.05, 3.63) is 106 Å². The highest BCUT2D eigenvalue weighted by Gasteiger charge is 2.54. The average molecular weight is 405 g/mol. The number of nitrogens with one attached hydrogen (secondary N) is 2. The van der Waals surface area contributed by atoms with Crippen LogP contribution in [0.3, 0.4) is 0 Å². The Morgan fingerprint density at radius 3 is 2.07 bits per heavy atom. The third-order valence-corrected chi connectivity index (χ3v) is 5.12. The summed E-state index contributed by atoms with van der Waals surface area (Å²) >= 11 is 5.98. The van der Waals surface area contributed by atoms with Gasteiger partial charge in [-0.3, -0.25) is 19.7 Å². The lowest BCUT2D eigenvalue weighted by atomic mass is 10.0. The molecule has 1 aliphatic carbocycles. The zero-order valence-electron chi connectivity index (χ0n) is 15.3. The highest BCUT2D eigenvalue weighted by Crippen LogP contribution is 2.29. The van der Waals surface area contributed by atoms with Crippen molar-refractivity contribution in [2.75, 3.05) is 0 Å². The first-order valence-corrected chi connectivity index (χ1v) is 9.45. The number of ketones is 2. The van der Waals surface area contributed by atoms with Gasteiger partial charge in [0.15, 0.2) is 0 Å². The van der Waals surface area contributed by atoms with Crippen molar-refractivity contribution >= 4 is 29.1 Å². The van der Waals surface area contributed by atoms with E-state index in [1.807, 2.05) is 30.3 Å². The number of benzene rings is 3. The molecule has 0 radical (unpaired) electrons. The molecular formula is C23H17ClN2O3. The molecule has 5 nitrogen and oxygen atoms in total. The Bertz CT molecular complexity index is 1080. The Kier molecular flexibility index (Phi) is 5.01. The lowest BCUT2D eigenvalue weighted by molar-refractivity contribution is 0.0652. The first kappa shape index (κ1) is 19.1. The lowest BCUT2D eigenvalue weighted by Gasteiger charge is -2.28. The van der Waals surface area contributed by atoms with Gasteiger partial charge >= 0.3 is 0 Å². The maximum atomic E-state index is 13.3. The van der Waals surface area contributed by atoms with E-state index in [0.717, 1.165) is 5.56 Å². The van der Waals surface area contributed by atoms with E-state index in [4.69, 9.17) is 11.6 Å². The van der Waals surface area contributed by atoms with Gasteiger partial charge in [-0.25, -0.2) is 0 Å². The molecule has 144 valence electrons. The number of hydrogen-bond donors (Lipinski definition) is 2. The topological polar surface area (TPSA) is 75.3 Å². The molecule has 3 aromatic rings. The Morgan fingerprint density at radius 2 is 1.45 bits per heavy atom. The van der Waals surface area contributed by atoms with E-state index >= 15 is 0 Å². The molecule has 0 bridgehead atoms. The number of halogens is 1. The minimum absolute atomic E-state index is 0.224. The summed E-state index contributed by atoms with van der Waals surface area (Å²) < 4.78 is 0. The summed E-state index contributed by atoms with van der Waals surface area (Å²) in [5.41, 5.74) is -0.178. The number of fused-ring (bicyclic) bond motifs is 1. The SMILES string of the molecule is O=C(NC1(NCc2ccccc2)C(=O)c2ccccc2C1=O)c1cccc(Cl)c1. The van der Waals surface area contributed by atoms with Gasteiger partial charge in [-0.2, -0.15) is 0 Å². The van der Waals surface area contributed by atoms with E-state index in [1.54, 1.807) is 42.5 Å². The van der Waals surface area contributed by atoms with Crippen LogP contribution in [0.25, 0.3) is 0 Å². The molecule has 0 fully saturated rings. The molecule has 0 unspecified atom stereocenters. The molecule has 0 spiro atoms. The predicted octanol–water partition coefficient (Wildman–Crippen LogP) is 3.64. The van der Waals surface area contributed by atoms with Crippen LogP contribution in [-0.2, 0) is 6.54 Å². The zero-order valence-corrected chi connectivity index (χ0v) is 16.1. The van der Waals surface area contributed by atoms with Crippen molar-refractivity contribution < 1.29 is 14.4 Å². The molecule has 0 saturated carbocycles. The van der Waals surface area contributed by atoms with Crippen LogP contribution in [-0.4, -0.2) is 23.1 Å². The monoisotopic (exact) mass is 404 g/mol. The molecule has 2 N–H and O–H groups in total. The highest BCUT2D eigenvalue weighted by atomic mass is 35.5. The van der Waals surface area contributed by atoms with Gasteiger partial charge in [0.1, 0.15) is 0 Å². The third-order valence-electron chi connectivity index (χ3n) is 4.89. The van der Waals surface area contributed by atoms with E-state index < -0.39 is 23.1 Å². The van der Waals surface area contributed by atoms with E-state index in [-0.39, 0.29) is 23.2 Å². The van der Waals surface area contributed by atoms with E-state index in [2.05, 4.69) is 10.6 Å². The normalized spacial score (nSPS) is 14.5. The van der Waals surface area contributed by atoms with Gasteiger partial charge in [0, 0.05) is 28.3 Å². The van der Waals surface area contributed by atoms with Crippen LogP contribution >= 0.6 is 11.6 Å². The summed E-state index contributed by atoms with van der Waals surface area (Å²) in [6.07, 6.45) is 0. The van der Waals surface area contributed by atoms with Gasteiger partial charge in [-0.1, -0.05) is 72.3 Å². The first-order chi connectivity index (χ1) is 14.0. The molecular weight excluding hydrogens is 388 g/mol. The van der Waals surface area contributed by atoms with Crippen molar-refractivity contribution in [2.24, 2.45) is 0 Å². The molecule has 0 heterocycles. The summed E-state index contributed by atoms with van der Waals surface area (Å²) in [5.74, 6) is -1.53. The molecule has 6 heteroatoms. The number of hydrogen-bond acceptors (Lipinski definition) is 4. The second-order valence-corrected chi connectivity index (χ2v) is 7.19. The van der Waals surface area contributed by atoms with Gasteiger partial charge in [-0.15, -0.1) is 0 Å². The van der Waals surface area contributed by atoms with Crippen LogP contribution < -0.4 is 10.6 Å². The molecule has 0 saturated heterocycles. The maximum Gasteiger partial charge on any atom is 0.253 e. The van der Waals surface area contributed by atoms with Crippen LogP contribution in [0.5, 0.6) is 0 Å². The number of carbonyl (C=O) groups excluding carboxylic acids is 3. The van der Waals surface area contributed by atoms with Crippen molar-refractivity contribution in [1.29, 1.82) is 0 Å². The Labute approximate surface area is 172 Å². The fraction of sp³-hybridized carbons (Fsp3) is 0.0870. The number of amides is 1. The summed E-state index contributed by atoms with van der Waals surface area (Å²) in [7, 11) is 0. The maximum absolute atomic E-state index is 13.3. The zero-order chi connectivity index (χ0) is 20.4. The molecule has 29 heavy (non-hydrogen) atoms. The molecule has 1 aliphatic rings. The fourth-order valence-electron chi connectivity index (χ4n) is 3.41. The number of rotatable bonds is 5. The number of carbonyl (C=O) groups is 3. The molecule has 4 rings (SSSR count). The fourth-order valence-corrected chi connectivity index (χ4v) is 3.60. The number of Topliss-reactive ketones (excluding diaryl/α,β-unsaturated/α-hetero) is 2. The minimum atomic E-state index is -1.88. The van der Waals surface area contributed by atoms with Crippen LogP contribution in [0.2, 0.25) is 5.02 Å². The van der Waals surface area contributed by atoms with Gasteiger partial charge < -0.3 is 5.32 Å². The minimum Gasteiger partial charge on any atom is -0.321 e. The van der Waals surface area contributed by atoms with Crippen LogP contribution in [0.4, 0.5) is 0 Å². The summed E-state index contributed by atoms with van der Waals surface area (Å²) in [4.78, 5) is 39.4. The quantitative estimate of drug-likeness (QED) is 0.503. The highest BCUT2D eigenvalue weighted by molar-refractivity contribution is 6.34. The Hall–Kier alpha value is -3.28. The molecule has 0 aliphatic heterocycles. The third kappa shape index (κ3) is 3.46. The van der Waals surface area contributed by atoms with Crippen molar-refractivity contribution in [1.82, 2.24) is 10.6 Å². The molecule has 0 aromatic heterocycles. The summed E-state index contributed by atoms with van der Waals surface area (Å²) in [6, 6.07) is 22.2. The van der Waals surface area contributed by atoms with E-state index in [0.29, 0.717) is 5.02 Å². The van der Waals surface area contributed by atoms with Crippen molar-refractivity contribution in [3.63, 3.8) is 0 Å². The average Bonchev–Trinajstić information content (AvgIpc) is 2.95. The first-order valence-electron chi connectivity index (χ1n) is 9.07. The largest absolute Gasteiger partial charge is 0.321 e. The van der Waals surface area contributed by atoms with Crippen LogP contribution in [0.15, 0.2) is 78.9 Å². The molecule has 1 amide bonds. The molecule has 3 aromatic carbocycles. The van der Waals surface area contributed by atoms with E-state index in [1.165, 1.54) is 6.07 Å². The van der Waals surface area contributed by atoms with Gasteiger partial charge in [0.05, 0.1) is 0 Å². The summed E-state index contributed by atoms with van der Waals surface area (Å²) in [5, 5.41) is 6.04. The second-order valence-electron chi connectivity index (χ2n) is 6.76.